The lowest BCUT2D eigenvalue weighted by Gasteiger charge is -2.39. The van der Waals surface area contributed by atoms with E-state index in [0.717, 1.165) is 13.0 Å². The average molecular weight is 296 g/mol. The molecular weight excluding hydrogens is 264 g/mol. The predicted octanol–water partition coefficient (Wildman–Crippen LogP) is 2.88. The minimum atomic E-state index is -0.767. The lowest BCUT2D eigenvalue weighted by atomic mass is 9.77. The number of nitrogens with one attached hydrogen (secondary N) is 1. The molecule has 0 amide bonds. The maximum atomic E-state index is 11.4. The van der Waals surface area contributed by atoms with Gasteiger partial charge in [0.1, 0.15) is 5.54 Å². The number of carboxylic acids is 1. The van der Waals surface area contributed by atoms with E-state index in [-0.39, 0.29) is 0 Å². The molecule has 1 aliphatic heterocycles. The van der Waals surface area contributed by atoms with E-state index in [9.17, 15) is 9.90 Å². The molecule has 0 aromatic carbocycles. The van der Waals surface area contributed by atoms with E-state index in [0.29, 0.717) is 18.4 Å². The molecule has 2 aliphatic rings. The molecule has 1 heterocycles. The summed E-state index contributed by atoms with van der Waals surface area (Å²) < 4.78 is 0. The van der Waals surface area contributed by atoms with Crippen molar-refractivity contribution in [1.82, 2.24) is 10.2 Å². The topological polar surface area (TPSA) is 52.6 Å². The van der Waals surface area contributed by atoms with Crippen LogP contribution >= 0.6 is 0 Å². The van der Waals surface area contributed by atoms with Gasteiger partial charge in [0.25, 0.3) is 0 Å². The second-order valence-corrected chi connectivity index (χ2v) is 7.32. The van der Waals surface area contributed by atoms with Crippen LogP contribution in [-0.2, 0) is 4.79 Å². The van der Waals surface area contributed by atoms with Gasteiger partial charge in [-0.05, 0) is 77.0 Å². The van der Waals surface area contributed by atoms with Crippen LogP contribution in [-0.4, -0.2) is 47.7 Å². The summed E-state index contributed by atoms with van der Waals surface area (Å²) in [7, 11) is 0. The molecule has 122 valence electrons. The van der Waals surface area contributed by atoms with Gasteiger partial charge in [0.15, 0.2) is 0 Å². The summed E-state index contributed by atoms with van der Waals surface area (Å²) in [5, 5.41) is 12.5. The van der Waals surface area contributed by atoms with Crippen LogP contribution < -0.4 is 5.32 Å². The summed E-state index contributed by atoms with van der Waals surface area (Å²) in [6, 6.07) is 0. The first-order valence-electron chi connectivity index (χ1n) is 8.70. The van der Waals surface area contributed by atoms with Gasteiger partial charge in [-0.25, -0.2) is 0 Å². The highest BCUT2D eigenvalue weighted by molar-refractivity contribution is 5.78. The van der Waals surface area contributed by atoms with Crippen LogP contribution in [0.5, 0.6) is 0 Å². The number of hydrogen-bond donors (Lipinski definition) is 2. The van der Waals surface area contributed by atoms with Crippen molar-refractivity contribution in [3.63, 3.8) is 0 Å². The van der Waals surface area contributed by atoms with Gasteiger partial charge < -0.3 is 15.3 Å². The fourth-order valence-electron chi connectivity index (χ4n) is 4.19. The van der Waals surface area contributed by atoms with Crippen molar-refractivity contribution in [2.45, 2.75) is 70.8 Å². The molecule has 1 unspecified atom stereocenters. The summed E-state index contributed by atoms with van der Waals surface area (Å²) in [6.45, 7) is 7.95. The number of rotatable bonds is 7. The molecule has 0 aromatic heterocycles. The standard InChI is InChI=1S/C17H32N2O2/c1-3-18-16(2,15(20)21)7-6-12-19-13-10-17(11-14-19)8-4-5-9-17/h18H,3-14H2,1-2H3,(H,20,21). The first-order chi connectivity index (χ1) is 10.00. The molecule has 0 radical (unpaired) electrons. The zero-order chi connectivity index (χ0) is 15.3. The molecular formula is C17H32N2O2. The molecule has 21 heavy (non-hydrogen) atoms. The third kappa shape index (κ3) is 4.19. The zero-order valence-electron chi connectivity index (χ0n) is 13.8. The van der Waals surface area contributed by atoms with Gasteiger partial charge in [-0.1, -0.05) is 19.8 Å². The van der Waals surface area contributed by atoms with Crippen molar-refractivity contribution in [3.8, 4) is 0 Å². The van der Waals surface area contributed by atoms with E-state index in [1.165, 1.54) is 51.6 Å². The number of carboxylic acid groups (broad SMARTS) is 1. The monoisotopic (exact) mass is 296 g/mol. The Bertz CT molecular complexity index is 343. The van der Waals surface area contributed by atoms with Crippen LogP contribution in [0.2, 0.25) is 0 Å². The molecule has 2 N–H and O–H groups in total. The summed E-state index contributed by atoms with van der Waals surface area (Å²) in [5.41, 5.74) is -0.0902. The van der Waals surface area contributed by atoms with Crippen molar-refractivity contribution >= 4 is 5.97 Å². The highest BCUT2D eigenvalue weighted by Crippen LogP contribution is 2.46. The van der Waals surface area contributed by atoms with E-state index in [2.05, 4.69) is 10.2 Å². The van der Waals surface area contributed by atoms with Gasteiger partial charge in [0.05, 0.1) is 0 Å². The number of nitrogens with zero attached hydrogens (tertiary/aromatic N) is 1. The zero-order valence-corrected chi connectivity index (χ0v) is 13.8. The Labute approximate surface area is 129 Å². The average Bonchev–Trinajstić information content (AvgIpc) is 2.90. The smallest absolute Gasteiger partial charge is 0.323 e. The molecule has 2 rings (SSSR count). The van der Waals surface area contributed by atoms with E-state index in [1.807, 2.05) is 13.8 Å². The van der Waals surface area contributed by atoms with Gasteiger partial charge in [0, 0.05) is 0 Å². The summed E-state index contributed by atoms with van der Waals surface area (Å²) in [5.74, 6) is -0.729. The molecule has 4 heteroatoms. The fraction of sp³-hybridized carbons (Fsp3) is 0.941. The van der Waals surface area contributed by atoms with Crippen LogP contribution in [0.15, 0.2) is 0 Å². The van der Waals surface area contributed by atoms with Crippen LogP contribution in [0.3, 0.4) is 0 Å². The largest absolute Gasteiger partial charge is 0.480 e. The Morgan fingerprint density at radius 3 is 2.38 bits per heavy atom. The second-order valence-electron chi connectivity index (χ2n) is 7.32. The number of hydrogen-bond acceptors (Lipinski definition) is 3. The van der Waals surface area contributed by atoms with Crippen LogP contribution in [0, 0.1) is 5.41 Å². The van der Waals surface area contributed by atoms with E-state index in [4.69, 9.17) is 0 Å². The van der Waals surface area contributed by atoms with Gasteiger partial charge in [-0.3, -0.25) is 4.79 Å². The molecule has 0 bridgehead atoms. The highest BCUT2D eigenvalue weighted by Gasteiger charge is 2.37. The predicted molar refractivity (Wildman–Crippen MR) is 85.5 cm³/mol. The molecule has 1 atom stereocenters. The Balaban J connectivity index is 1.70. The van der Waals surface area contributed by atoms with Crippen molar-refractivity contribution in [3.05, 3.63) is 0 Å². The number of carbonyl (C=O) groups is 1. The van der Waals surface area contributed by atoms with Gasteiger partial charge in [0.2, 0.25) is 0 Å². The van der Waals surface area contributed by atoms with Crippen LogP contribution in [0.25, 0.3) is 0 Å². The SMILES string of the molecule is CCNC(C)(CCCN1CCC2(CCCC2)CC1)C(=O)O. The summed E-state index contributed by atoms with van der Waals surface area (Å²) in [6.07, 6.45) is 10.1. The molecule has 1 saturated heterocycles. The van der Waals surface area contributed by atoms with Crippen molar-refractivity contribution in [2.24, 2.45) is 5.41 Å². The number of piperidine rings is 1. The van der Waals surface area contributed by atoms with E-state index in [1.54, 1.807) is 0 Å². The lowest BCUT2D eigenvalue weighted by molar-refractivity contribution is -0.144. The first kappa shape index (κ1) is 16.8. The van der Waals surface area contributed by atoms with Crippen molar-refractivity contribution in [1.29, 1.82) is 0 Å². The van der Waals surface area contributed by atoms with E-state index < -0.39 is 11.5 Å². The third-order valence-electron chi connectivity index (χ3n) is 5.77. The Morgan fingerprint density at radius 1 is 1.24 bits per heavy atom. The maximum Gasteiger partial charge on any atom is 0.323 e. The van der Waals surface area contributed by atoms with Crippen molar-refractivity contribution in [2.75, 3.05) is 26.2 Å². The van der Waals surface area contributed by atoms with Gasteiger partial charge in [-0.2, -0.15) is 0 Å². The number of likely N-dealkylation sites (tertiary alicyclic amines) is 1. The third-order valence-corrected chi connectivity index (χ3v) is 5.77. The molecule has 1 spiro atoms. The number of likely N-dealkylation sites (N-methyl/N-ethyl adjacent to an activating group) is 1. The lowest BCUT2D eigenvalue weighted by Crippen LogP contribution is -2.50. The van der Waals surface area contributed by atoms with Gasteiger partial charge >= 0.3 is 5.97 Å². The summed E-state index contributed by atoms with van der Waals surface area (Å²) >= 11 is 0. The fourth-order valence-corrected chi connectivity index (χ4v) is 4.19. The maximum absolute atomic E-state index is 11.4. The molecule has 0 aromatic rings. The molecule has 2 fully saturated rings. The number of aliphatic carboxylic acids is 1. The summed E-state index contributed by atoms with van der Waals surface area (Å²) in [4.78, 5) is 13.9. The van der Waals surface area contributed by atoms with Gasteiger partial charge in [-0.15, -0.1) is 0 Å². The Kier molecular flexibility index (Phi) is 5.67. The quantitative estimate of drug-likeness (QED) is 0.758. The van der Waals surface area contributed by atoms with Crippen molar-refractivity contribution < 1.29 is 9.90 Å². The minimum absolute atomic E-state index is 0.676. The molecule has 1 saturated carbocycles. The highest BCUT2D eigenvalue weighted by atomic mass is 16.4. The normalized spacial score (nSPS) is 25.0. The second kappa shape index (κ2) is 7.10. The van der Waals surface area contributed by atoms with E-state index >= 15 is 0 Å². The Hall–Kier alpha value is -0.610. The molecule has 1 aliphatic carbocycles. The van der Waals surface area contributed by atoms with Crippen LogP contribution in [0.1, 0.15) is 65.2 Å². The molecule has 4 nitrogen and oxygen atoms in total. The Morgan fingerprint density at radius 2 is 1.86 bits per heavy atom. The van der Waals surface area contributed by atoms with Crippen LogP contribution in [0.4, 0.5) is 0 Å². The minimum Gasteiger partial charge on any atom is -0.480 e. The first-order valence-corrected chi connectivity index (χ1v) is 8.70.